The summed E-state index contributed by atoms with van der Waals surface area (Å²) in [6.07, 6.45) is 5.10. The standard InChI is InChI=1S/C24H34ClO4P/c1-7-17-13-15-23(21(11-5)19(17)9-3)27-30(26,29-25)28-24-16-14-18(8-2)20(10-4)22(24)12-6/h13-16H,7-12H2,1-6H3. The third kappa shape index (κ3) is 5.22. The molecule has 30 heavy (non-hydrogen) atoms. The van der Waals surface area contributed by atoms with Gasteiger partial charge in [-0.15, -0.1) is 0 Å². The zero-order chi connectivity index (χ0) is 22.3. The van der Waals surface area contributed by atoms with Crippen molar-refractivity contribution in [3.05, 3.63) is 57.6 Å². The minimum absolute atomic E-state index is 0.495. The van der Waals surface area contributed by atoms with Crippen LogP contribution in [-0.2, 0) is 47.2 Å². The van der Waals surface area contributed by atoms with Gasteiger partial charge in [-0.2, -0.15) is 4.08 Å². The maximum absolute atomic E-state index is 13.4. The van der Waals surface area contributed by atoms with Gasteiger partial charge in [0.15, 0.2) is 0 Å². The number of phosphoric acid groups is 1. The molecule has 166 valence electrons. The van der Waals surface area contributed by atoms with Gasteiger partial charge < -0.3 is 9.05 Å². The molecule has 0 spiro atoms. The van der Waals surface area contributed by atoms with Gasteiger partial charge in [0, 0.05) is 0 Å². The predicted molar refractivity (Wildman–Crippen MR) is 125 cm³/mol. The van der Waals surface area contributed by atoms with E-state index in [1.807, 2.05) is 24.3 Å². The first-order chi connectivity index (χ1) is 14.4. The molecular formula is C24H34ClO4P. The first kappa shape index (κ1) is 24.8. The minimum Gasteiger partial charge on any atom is -0.394 e. The van der Waals surface area contributed by atoms with Gasteiger partial charge in [0.05, 0.1) is 11.9 Å². The zero-order valence-electron chi connectivity index (χ0n) is 19.0. The maximum atomic E-state index is 13.4. The van der Waals surface area contributed by atoms with Crippen molar-refractivity contribution >= 4 is 19.7 Å². The number of rotatable bonds is 11. The van der Waals surface area contributed by atoms with Gasteiger partial charge in [-0.3, -0.25) is 0 Å². The van der Waals surface area contributed by atoms with Gasteiger partial charge in [-0.1, -0.05) is 53.7 Å². The van der Waals surface area contributed by atoms with Crippen LogP contribution in [0, 0.1) is 0 Å². The Hall–Kier alpha value is -1.48. The Morgan fingerprint density at radius 1 is 0.633 bits per heavy atom. The van der Waals surface area contributed by atoms with Crippen LogP contribution in [0.25, 0.3) is 0 Å². The lowest BCUT2D eigenvalue weighted by molar-refractivity contribution is 0.305. The summed E-state index contributed by atoms with van der Waals surface area (Å²) in [5, 5.41) is 0. The van der Waals surface area contributed by atoms with Crippen LogP contribution in [0.15, 0.2) is 24.3 Å². The summed E-state index contributed by atoms with van der Waals surface area (Å²) < 4.78 is 29.8. The lowest BCUT2D eigenvalue weighted by Crippen LogP contribution is -2.08. The van der Waals surface area contributed by atoms with E-state index < -0.39 is 7.82 Å². The normalized spacial score (nSPS) is 11.6. The van der Waals surface area contributed by atoms with Gasteiger partial charge in [0.25, 0.3) is 0 Å². The van der Waals surface area contributed by atoms with Crippen LogP contribution in [0.4, 0.5) is 0 Å². The highest BCUT2D eigenvalue weighted by Crippen LogP contribution is 2.53. The summed E-state index contributed by atoms with van der Waals surface area (Å²) in [6, 6.07) is 7.69. The van der Waals surface area contributed by atoms with Crippen molar-refractivity contribution in [3.8, 4) is 11.5 Å². The second kappa shape index (κ2) is 11.2. The molecule has 0 bridgehead atoms. The number of halogens is 1. The zero-order valence-corrected chi connectivity index (χ0v) is 20.7. The minimum atomic E-state index is -4.07. The first-order valence-electron chi connectivity index (χ1n) is 11.0. The third-order valence-electron chi connectivity index (χ3n) is 5.65. The molecule has 0 radical (unpaired) electrons. The van der Waals surface area contributed by atoms with Crippen LogP contribution < -0.4 is 9.05 Å². The number of aryl methyl sites for hydroxylation is 2. The summed E-state index contributed by atoms with van der Waals surface area (Å²) >= 11 is 5.65. The Bertz CT molecular complexity index is 841. The van der Waals surface area contributed by atoms with E-state index in [0.717, 1.165) is 49.7 Å². The molecule has 0 saturated carbocycles. The quantitative estimate of drug-likeness (QED) is 0.326. The first-order valence-corrected chi connectivity index (χ1v) is 12.7. The summed E-state index contributed by atoms with van der Waals surface area (Å²) in [7, 11) is -4.07. The highest BCUT2D eigenvalue weighted by Gasteiger charge is 2.33. The topological polar surface area (TPSA) is 44.8 Å². The fourth-order valence-corrected chi connectivity index (χ4v) is 5.30. The van der Waals surface area contributed by atoms with Crippen molar-refractivity contribution in [1.82, 2.24) is 0 Å². The highest BCUT2D eigenvalue weighted by atomic mass is 35.5. The molecule has 0 aromatic heterocycles. The smallest absolute Gasteiger partial charge is 0.394 e. The highest BCUT2D eigenvalue weighted by molar-refractivity contribution is 7.50. The predicted octanol–water partition coefficient (Wildman–Crippen LogP) is 7.80. The Balaban J connectivity index is 2.47. The van der Waals surface area contributed by atoms with Crippen molar-refractivity contribution in [2.75, 3.05) is 0 Å². The molecule has 2 rings (SSSR count). The molecule has 0 aliphatic carbocycles. The van der Waals surface area contributed by atoms with E-state index in [-0.39, 0.29) is 0 Å². The lowest BCUT2D eigenvalue weighted by atomic mass is 9.95. The molecule has 0 saturated heterocycles. The number of hydrogen-bond donors (Lipinski definition) is 0. The third-order valence-corrected chi connectivity index (χ3v) is 7.17. The second-order valence-corrected chi connectivity index (χ2v) is 8.99. The Labute approximate surface area is 186 Å². The van der Waals surface area contributed by atoms with Crippen molar-refractivity contribution in [2.24, 2.45) is 0 Å². The van der Waals surface area contributed by atoms with E-state index in [1.165, 1.54) is 22.3 Å². The van der Waals surface area contributed by atoms with E-state index in [4.69, 9.17) is 25.0 Å². The molecule has 0 aliphatic heterocycles. The average Bonchev–Trinajstić information content (AvgIpc) is 2.77. The molecule has 0 heterocycles. The lowest BCUT2D eigenvalue weighted by Gasteiger charge is -2.22. The van der Waals surface area contributed by atoms with E-state index >= 15 is 0 Å². The largest absolute Gasteiger partial charge is 0.604 e. The molecule has 2 aromatic carbocycles. The van der Waals surface area contributed by atoms with Crippen LogP contribution >= 0.6 is 19.7 Å². The van der Waals surface area contributed by atoms with Gasteiger partial charge in [0.2, 0.25) is 0 Å². The molecule has 0 aliphatic rings. The number of benzene rings is 2. The van der Waals surface area contributed by atoms with Crippen LogP contribution in [0.2, 0.25) is 0 Å². The summed E-state index contributed by atoms with van der Waals surface area (Å²) in [5.41, 5.74) is 6.99. The van der Waals surface area contributed by atoms with E-state index in [0.29, 0.717) is 11.5 Å². The Morgan fingerprint density at radius 2 is 1.00 bits per heavy atom. The molecular weight excluding hydrogens is 419 g/mol. The maximum Gasteiger partial charge on any atom is 0.604 e. The van der Waals surface area contributed by atoms with Gasteiger partial charge >= 0.3 is 7.82 Å². The molecule has 0 amide bonds. The van der Waals surface area contributed by atoms with E-state index in [2.05, 4.69) is 41.5 Å². The van der Waals surface area contributed by atoms with Crippen molar-refractivity contribution in [3.63, 3.8) is 0 Å². The van der Waals surface area contributed by atoms with E-state index in [1.54, 1.807) is 0 Å². The SMILES string of the molecule is CCc1ccc(OP(=O)(OCl)Oc2ccc(CC)c(CC)c2CC)c(CC)c1CC. The molecule has 0 atom stereocenters. The Kier molecular flexibility index (Phi) is 9.28. The van der Waals surface area contributed by atoms with Gasteiger partial charge in [-0.25, -0.2) is 4.57 Å². The fourth-order valence-electron chi connectivity index (χ4n) is 4.22. The molecule has 2 aromatic rings. The molecule has 4 nitrogen and oxygen atoms in total. The molecule has 0 unspecified atom stereocenters. The van der Waals surface area contributed by atoms with Crippen LogP contribution in [0.3, 0.4) is 0 Å². The summed E-state index contributed by atoms with van der Waals surface area (Å²) in [4.78, 5) is 0. The van der Waals surface area contributed by atoms with Crippen molar-refractivity contribution in [1.29, 1.82) is 0 Å². The summed E-state index contributed by atoms with van der Waals surface area (Å²) in [6.45, 7) is 12.6. The molecule has 6 heteroatoms. The van der Waals surface area contributed by atoms with Crippen LogP contribution in [0.1, 0.15) is 74.9 Å². The Morgan fingerprint density at radius 3 is 1.27 bits per heavy atom. The van der Waals surface area contributed by atoms with Gasteiger partial charge in [0.1, 0.15) is 11.5 Å². The van der Waals surface area contributed by atoms with Crippen LogP contribution in [0.5, 0.6) is 11.5 Å². The van der Waals surface area contributed by atoms with Crippen molar-refractivity contribution in [2.45, 2.75) is 80.1 Å². The number of phosphoric ester groups is 1. The molecule has 0 fully saturated rings. The van der Waals surface area contributed by atoms with Crippen LogP contribution in [-0.4, -0.2) is 0 Å². The average molecular weight is 453 g/mol. The summed E-state index contributed by atoms with van der Waals surface area (Å²) in [5.74, 6) is 0.990. The second-order valence-electron chi connectivity index (χ2n) is 7.18. The fraction of sp³-hybridized carbons (Fsp3) is 0.500. The van der Waals surface area contributed by atoms with E-state index in [9.17, 15) is 4.57 Å². The molecule has 0 N–H and O–H groups in total. The van der Waals surface area contributed by atoms with Gasteiger partial charge in [-0.05, 0) is 84.0 Å². The number of hydrogen-bond acceptors (Lipinski definition) is 4. The van der Waals surface area contributed by atoms with Crippen molar-refractivity contribution < 1.29 is 17.7 Å². The monoisotopic (exact) mass is 452 g/mol.